The summed E-state index contributed by atoms with van der Waals surface area (Å²) in [6, 6.07) is -4.76. The van der Waals surface area contributed by atoms with Crippen LogP contribution in [0.4, 0.5) is 0 Å². The lowest BCUT2D eigenvalue weighted by atomic mass is 10.1. The Morgan fingerprint density at radius 2 is 1.76 bits per heavy atom. The van der Waals surface area contributed by atoms with Crippen LogP contribution < -0.4 is 0 Å². The van der Waals surface area contributed by atoms with Gasteiger partial charge in [0.15, 0.2) is 0 Å². The summed E-state index contributed by atoms with van der Waals surface area (Å²) in [5.74, 6) is 0. The molecular formula is C15H14N2. The molecule has 0 aliphatic rings. The second kappa shape index (κ2) is 3.74. The van der Waals surface area contributed by atoms with Crippen LogP contribution in [0.25, 0.3) is 16.9 Å². The summed E-state index contributed by atoms with van der Waals surface area (Å²) in [6.45, 7) is -5.86. The van der Waals surface area contributed by atoms with E-state index in [1.54, 1.807) is 0 Å². The van der Waals surface area contributed by atoms with E-state index in [1.165, 1.54) is 0 Å². The molecule has 0 atom stereocenters. The SMILES string of the molecule is [2H]c1c([2H])c(C([2H])([2H])[2H])c([2H])c([2H])c1-c1nc2c([2H])c([2H])c(C([2H])([2H])[2H])c([2H])n2c1[2H]. The summed E-state index contributed by atoms with van der Waals surface area (Å²) in [5.41, 5.74) is -3.06. The van der Waals surface area contributed by atoms with Gasteiger partial charge in [-0.1, -0.05) is 35.8 Å². The van der Waals surface area contributed by atoms with Crippen LogP contribution in [0.5, 0.6) is 0 Å². The first-order valence-electron chi connectivity index (χ1n) is 11.6. The third-order valence-corrected chi connectivity index (χ3v) is 2.03. The molecule has 0 amide bonds. The second-order valence-corrected chi connectivity index (χ2v) is 3.22. The summed E-state index contributed by atoms with van der Waals surface area (Å²) in [5, 5.41) is 0. The molecule has 0 unspecified atom stereocenters. The number of aromatic nitrogens is 2. The first-order chi connectivity index (χ1) is 14.0. The van der Waals surface area contributed by atoms with Gasteiger partial charge in [0.05, 0.1) is 16.7 Å². The van der Waals surface area contributed by atoms with Crippen molar-refractivity contribution in [2.24, 2.45) is 0 Å². The number of imidazole rings is 1. The van der Waals surface area contributed by atoms with Crippen molar-refractivity contribution in [3.8, 4) is 11.3 Å². The van der Waals surface area contributed by atoms with Crippen LogP contribution in [0.3, 0.4) is 0 Å². The molecule has 0 saturated heterocycles. The van der Waals surface area contributed by atoms with Crippen LogP contribution >= 0.6 is 0 Å². The van der Waals surface area contributed by atoms with Gasteiger partial charge in [-0.05, 0) is 25.3 Å². The Morgan fingerprint density at radius 1 is 1.00 bits per heavy atom. The highest BCUT2D eigenvalue weighted by molar-refractivity contribution is 5.62. The molecule has 0 bridgehead atoms. The minimum Gasteiger partial charge on any atom is -0.306 e. The van der Waals surface area contributed by atoms with E-state index in [2.05, 4.69) is 4.98 Å². The number of rotatable bonds is 1. The molecule has 0 saturated carbocycles. The molecule has 0 N–H and O–H groups in total. The zero-order chi connectivity index (χ0) is 23.8. The lowest BCUT2D eigenvalue weighted by Gasteiger charge is -1.96. The maximum Gasteiger partial charge on any atom is 0.137 e. The molecule has 3 aromatic rings. The Bertz CT molecular complexity index is 1210. The van der Waals surface area contributed by atoms with Crippen molar-refractivity contribution in [3.63, 3.8) is 0 Å². The van der Waals surface area contributed by atoms with Crippen LogP contribution in [0.1, 0.15) is 30.3 Å². The fourth-order valence-electron chi connectivity index (χ4n) is 1.31. The molecule has 1 aromatic carbocycles. The smallest absolute Gasteiger partial charge is 0.137 e. The van der Waals surface area contributed by atoms with Crippen molar-refractivity contribution in [3.05, 3.63) is 59.7 Å². The van der Waals surface area contributed by atoms with Crippen LogP contribution in [0.15, 0.2) is 48.6 Å². The van der Waals surface area contributed by atoms with E-state index in [0.717, 1.165) is 0 Å². The summed E-state index contributed by atoms with van der Waals surface area (Å²) in [4.78, 5) is 3.94. The standard InChI is InChI=1S/C15H14N2/c1-11-3-6-13(7-4-11)14-10-17-9-12(2)5-8-15(17)16-14/h3-10H,1-2H3/i1D3,2D3,3D,4D,5D,6D,7D,8D,9D,10D. The van der Waals surface area contributed by atoms with E-state index in [-0.39, 0.29) is 0 Å². The van der Waals surface area contributed by atoms with Gasteiger partial charge in [-0.3, -0.25) is 0 Å². The molecule has 2 heterocycles. The Morgan fingerprint density at radius 3 is 2.53 bits per heavy atom. The largest absolute Gasteiger partial charge is 0.306 e. The highest BCUT2D eigenvalue weighted by atomic mass is 15.0. The average Bonchev–Trinajstić information content (AvgIpc) is 2.94. The Balaban J connectivity index is 2.48. The number of nitrogens with zero attached hydrogens (tertiary/aromatic N) is 2. The van der Waals surface area contributed by atoms with Gasteiger partial charge in [0.25, 0.3) is 0 Å². The van der Waals surface area contributed by atoms with Gasteiger partial charge in [0.1, 0.15) is 5.65 Å². The maximum atomic E-state index is 8.33. The molecular weight excluding hydrogens is 208 g/mol. The van der Waals surface area contributed by atoms with Crippen LogP contribution in [0, 0.1) is 13.7 Å². The summed E-state index contributed by atoms with van der Waals surface area (Å²) < 4.78 is 110. The van der Waals surface area contributed by atoms with Crippen molar-refractivity contribution in [1.82, 2.24) is 9.38 Å². The number of pyridine rings is 1. The van der Waals surface area contributed by atoms with Gasteiger partial charge in [0.2, 0.25) is 0 Å². The second-order valence-electron chi connectivity index (χ2n) is 3.22. The van der Waals surface area contributed by atoms with Gasteiger partial charge >= 0.3 is 0 Å². The van der Waals surface area contributed by atoms with Crippen molar-refractivity contribution in [2.75, 3.05) is 0 Å². The predicted octanol–water partition coefficient (Wildman–Crippen LogP) is 3.62. The van der Waals surface area contributed by atoms with Crippen LogP contribution in [-0.2, 0) is 0 Å². The van der Waals surface area contributed by atoms with E-state index in [0.29, 0.717) is 4.40 Å². The van der Waals surface area contributed by atoms with E-state index >= 15 is 0 Å². The zero-order valence-electron chi connectivity index (χ0n) is 22.4. The Kier molecular flexibility index (Phi) is 0.664. The highest BCUT2D eigenvalue weighted by Crippen LogP contribution is 2.19. The number of hydrogen-bond donors (Lipinski definition) is 0. The summed E-state index contributed by atoms with van der Waals surface area (Å²) in [7, 11) is 0. The summed E-state index contributed by atoms with van der Waals surface area (Å²) in [6.07, 6.45) is -1.49. The molecule has 3 rings (SSSR count). The number of benzene rings is 1. The quantitative estimate of drug-likeness (QED) is 0.631. The predicted molar refractivity (Wildman–Crippen MR) is 70.1 cm³/mol. The highest BCUT2D eigenvalue weighted by Gasteiger charge is 2.03. The van der Waals surface area contributed by atoms with Crippen LogP contribution in [0.2, 0.25) is 0 Å². The molecule has 2 aromatic heterocycles. The van der Waals surface area contributed by atoms with Gasteiger partial charge in [0, 0.05) is 26.1 Å². The molecule has 0 spiro atoms. The van der Waals surface area contributed by atoms with E-state index < -0.39 is 90.3 Å². The van der Waals surface area contributed by atoms with Gasteiger partial charge in [-0.15, -0.1) is 0 Å². The molecule has 0 radical (unpaired) electrons. The average molecular weight is 236 g/mol. The van der Waals surface area contributed by atoms with Gasteiger partial charge in [-0.2, -0.15) is 0 Å². The monoisotopic (exact) mass is 236 g/mol. The Labute approximate surface area is 120 Å². The normalized spacial score (nSPS) is 24.2. The molecule has 17 heavy (non-hydrogen) atoms. The third-order valence-electron chi connectivity index (χ3n) is 2.03. The first kappa shape index (κ1) is 3.02. The van der Waals surface area contributed by atoms with Crippen molar-refractivity contribution < 1.29 is 19.2 Å². The fraction of sp³-hybridized carbons (Fsp3) is 0.133. The first-order valence-corrected chi connectivity index (χ1v) is 4.62. The van der Waals surface area contributed by atoms with E-state index in [1.807, 2.05) is 0 Å². The lowest BCUT2D eigenvalue weighted by Crippen LogP contribution is -1.82. The molecule has 2 heteroatoms. The lowest BCUT2D eigenvalue weighted by molar-refractivity contribution is 1.16. The Hall–Kier alpha value is -2.09. The molecule has 84 valence electrons. The maximum absolute atomic E-state index is 8.33. The molecule has 2 nitrogen and oxygen atoms in total. The molecule has 0 aliphatic carbocycles. The fourth-order valence-corrected chi connectivity index (χ4v) is 1.31. The molecule has 0 fully saturated rings. The third kappa shape index (κ3) is 1.82. The van der Waals surface area contributed by atoms with E-state index in [9.17, 15) is 0 Å². The van der Waals surface area contributed by atoms with Crippen molar-refractivity contribution in [1.29, 1.82) is 0 Å². The van der Waals surface area contributed by atoms with Gasteiger partial charge in [-0.25, -0.2) is 4.98 Å². The van der Waals surface area contributed by atoms with Crippen LogP contribution in [-0.4, -0.2) is 9.38 Å². The van der Waals surface area contributed by atoms with Crippen molar-refractivity contribution in [2.45, 2.75) is 13.7 Å². The topological polar surface area (TPSA) is 17.3 Å². The summed E-state index contributed by atoms with van der Waals surface area (Å²) >= 11 is 0. The minimum atomic E-state index is -2.93. The minimum absolute atomic E-state index is 0.445. The van der Waals surface area contributed by atoms with E-state index in [4.69, 9.17) is 19.2 Å². The number of hydrogen-bond acceptors (Lipinski definition) is 1. The van der Waals surface area contributed by atoms with Gasteiger partial charge < -0.3 is 4.40 Å². The zero-order valence-corrected chi connectivity index (χ0v) is 8.39. The number of fused-ring (bicyclic) bond motifs is 1. The molecule has 0 aliphatic heterocycles. The van der Waals surface area contributed by atoms with Crippen molar-refractivity contribution >= 4 is 5.65 Å².